The van der Waals surface area contributed by atoms with E-state index in [0.717, 1.165) is 30.0 Å². The van der Waals surface area contributed by atoms with Crippen molar-refractivity contribution in [1.29, 1.82) is 0 Å². The van der Waals surface area contributed by atoms with Crippen molar-refractivity contribution in [2.24, 2.45) is 0 Å². The van der Waals surface area contributed by atoms with Gasteiger partial charge in [0.15, 0.2) is 0 Å². The Morgan fingerprint density at radius 1 is 1.37 bits per heavy atom. The van der Waals surface area contributed by atoms with Crippen molar-refractivity contribution in [3.8, 4) is 0 Å². The van der Waals surface area contributed by atoms with Crippen LogP contribution in [0.25, 0.3) is 0 Å². The fourth-order valence-corrected chi connectivity index (χ4v) is 2.59. The highest BCUT2D eigenvalue weighted by Crippen LogP contribution is 2.18. The molecule has 0 aliphatic heterocycles. The summed E-state index contributed by atoms with van der Waals surface area (Å²) in [6, 6.07) is 4.55. The largest absolute Gasteiger partial charge is 0.367 e. The molecule has 2 rings (SSSR count). The summed E-state index contributed by atoms with van der Waals surface area (Å²) in [5, 5.41) is 5.34. The van der Waals surface area contributed by atoms with Crippen LogP contribution in [0, 0.1) is 0 Å². The summed E-state index contributed by atoms with van der Waals surface area (Å²) in [4.78, 5) is 11.0. The molecule has 0 saturated carbocycles. The minimum atomic E-state index is 0.331. The van der Waals surface area contributed by atoms with Crippen molar-refractivity contribution in [2.45, 2.75) is 25.9 Å². The molecule has 4 nitrogen and oxygen atoms in total. The Balaban J connectivity index is 2.05. The molecule has 102 valence electrons. The lowest BCUT2D eigenvalue weighted by Crippen LogP contribution is -2.19. The van der Waals surface area contributed by atoms with Gasteiger partial charge in [0.2, 0.25) is 0 Å². The van der Waals surface area contributed by atoms with Crippen LogP contribution in [0.1, 0.15) is 30.8 Å². The summed E-state index contributed by atoms with van der Waals surface area (Å²) in [6.45, 7) is 2.97. The normalized spacial score (nSPS) is 12.4. The molecule has 19 heavy (non-hydrogen) atoms. The average Bonchev–Trinajstić information content (AvgIpc) is 2.94. The quantitative estimate of drug-likeness (QED) is 0.881. The lowest BCUT2D eigenvalue weighted by atomic mass is 10.1. The molecule has 5 heteroatoms. The number of hydrogen-bond acceptors (Lipinski definition) is 5. The molecule has 0 amide bonds. The van der Waals surface area contributed by atoms with E-state index in [-0.39, 0.29) is 0 Å². The number of pyridine rings is 1. The number of nitrogens with one attached hydrogen (secondary N) is 1. The van der Waals surface area contributed by atoms with Crippen LogP contribution in [-0.2, 0) is 6.54 Å². The van der Waals surface area contributed by atoms with E-state index in [1.165, 1.54) is 0 Å². The molecule has 1 atom stereocenters. The van der Waals surface area contributed by atoms with Gasteiger partial charge < -0.3 is 10.2 Å². The summed E-state index contributed by atoms with van der Waals surface area (Å²) in [6.07, 6.45) is 2.97. The molecule has 2 aromatic heterocycles. The zero-order valence-electron chi connectivity index (χ0n) is 11.6. The highest BCUT2D eigenvalue weighted by molar-refractivity contribution is 7.07. The molecule has 2 heterocycles. The Morgan fingerprint density at radius 3 is 2.74 bits per heavy atom. The summed E-state index contributed by atoms with van der Waals surface area (Å²) in [7, 11) is 4.03. The maximum atomic E-state index is 4.55. The van der Waals surface area contributed by atoms with Crippen molar-refractivity contribution in [3.63, 3.8) is 0 Å². The van der Waals surface area contributed by atoms with Crippen LogP contribution >= 0.6 is 11.3 Å². The maximum Gasteiger partial charge on any atom is 0.0795 e. The third-order valence-electron chi connectivity index (χ3n) is 3.21. The van der Waals surface area contributed by atoms with E-state index in [4.69, 9.17) is 0 Å². The van der Waals surface area contributed by atoms with Crippen LogP contribution in [0.5, 0.6) is 0 Å². The Morgan fingerprint density at radius 2 is 2.21 bits per heavy atom. The van der Waals surface area contributed by atoms with E-state index in [9.17, 15) is 0 Å². The first-order chi connectivity index (χ1) is 9.24. The molecular formula is C14H20N4S. The van der Waals surface area contributed by atoms with Gasteiger partial charge in [0.1, 0.15) is 0 Å². The fourth-order valence-electron chi connectivity index (χ4n) is 2.04. The first kappa shape index (κ1) is 14.0. The van der Waals surface area contributed by atoms with E-state index in [0.29, 0.717) is 6.04 Å². The van der Waals surface area contributed by atoms with Crippen molar-refractivity contribution in [1.82, 2.24) is 15.3 Å². The van der Waals surface area contributed by atoms with Crippen LogP contribution in [0.2, 0.25) is 0 Å². The van der Waals surface area contributed by atoms with E-state index in [1.807, 2.05) is 18.8 Å². The number of hydrogen-bond donors (Lipinski definition) is 1. The second-order valence-electron chi connectivity index (χ2n) is 4.53. The number of anilines is 1. The summed E-state index contributed by atoms with van der Waals surface area (Å²) < 4.78 is 0. The third-order valence-corrected chi connectivity index (χ3v) is 3.84. The number of thiazole rings is 1. The van der Waals surface area contributed by atoms with Gasteiger partial charge in [-0.1, -0.05) is 6.92 Å². The summed E-state index contributed by atoms with van der Waals surface area (Å²) >= 11 is 1.63. The average molecular weight is 276 g/mol. The number of rotatable bonds is 6. The van der Waals surface area contributed by atoms with E-state index < -0.39 is 0 Å². The van der Waals surface area contributed by atoms with Crippen molar-refractivity contribution in [3.05, 3.63) is 40.6 Å². The van der Waals surface area contributed by atoms with Crippen LogP contribution in [0.4, 0.5) is 5.69 Å². The molecule has 1 N–H and O–H groups in total. The van der Waals surface area contributed by atoms with Crippen molar-refractivity contribution >= 4 is 17.0 Å². The van der Waals surface area contributed by atoms with Gasteiger partial charge in [0, 0.05) is 18.5 Å². The SMILES string of the molecule is CCC(NC)c1ccc(N(C)Cc2cscn2)cn1. The van der Waals surface area contributed by atoms with Gasteiger partial charge in [-0.05, 0) is 25.6 Å². The Bertz CT molecular complexity index is 477. The highest BCUT2D eigenvalue weighted by Gasteiger charge is 2.09. The first-order valence-corrected chi connectivity index (χ1v) is 7.40. The smallest absolute Gasteiger partial charge is 0.0795 e. The van der Waals surface area contributed by atoms with E-state index in [1.54, 1.807) is 11.3 Å². The third kappa shape index (κ3) is 3.52. The number of nitrogens with zero attached hydrogens (tertiary/aromatic N) is 3. The van der Waals surface area contributed by atoms with Crippen LogP contribution in [0.15, 0.2) is 29.2 Å². The van der Waals surface area contributed by atoms with Gasteiger partial charge in [-0.15, -0.1) is 11.3 Å². The molecule has 0 aliphatic carbocycles. The van der Waals surface area contributed by atoms with E-state index in [2.05, 4.69) is 51.7 Å². The second-order valence-corrected chi connectivity index (χ2v) is 5.25. The van der Waals surface area contributed by atoms with Crippen LogP contribution < -0.4 is 10.2 Å². The van der Waals surface area contributed by atoms with Gasteiger partial charge >= 0.3 is 0 Å². The van der Waals surface area contributed by atoms with Crippen molar-refractivity contribution in [2.75, 3.05) is 19.0 Å². The molecule has 0 fully saturated rings. The fraction of sp³-hybridized carbons (Fsp3) is 0.429. The van der Waals surface area contributed by atoms with Crippen LogP contribution in [-0.4, -0.2) is 24.1 Å². The summed E-state index contributed by atoms with van der Waals surface area (Å²) in [5.41, 5.74) is 5.17. The topological polar surface area (TPSA) is 41.0 Å². The van der Waals surface area contributed by atoms with Gasteiger partial charge in [-0.2, -0.15) is 0 Å². The molecule has 0 aliphatic rings. The lowest BCUT2D eigenvalue weighted by Gasteiger charge is -2.19. The van der Waals surface area contributed by atoms with Gasteiger partial charge in [-0.25, -0.2) is 4.98 Å². The standard InChI is InChI=1S/C14H20N4S/c1-4-13(15-2)14-6-5-12(7-16-14)18(3)8-11-9-19-10-17-11/h5-7,9-10,13,15H,4,8H2,1-3H3. The Kier molecular flexibility index (Phi) is 4.87. The predicted molar refractivity (Wildman–Crippen MR) is 80.5 cm³/mol. The molecule has 2 aromatic rings. The molecule has 0 aromatic carbocycles. The maximum absolute atomic E-state index is 4.55. The Labute approximate surface area is 118 Å². The number of aromatic nitrogens is 2. The predicted octanol–water partition coefficient (Wildman–Crippen LogP) is 2.85. The van der Waals surface area contributed by atoms with Gasteiger partial charge in [0.05, 0.1) is 35.3 Å². The molecule has 0 bridgehead atoms. The van der Waals surface area contributed by atoms with E-state index >= 15 is 0 Å². The monoisotopic (exact) mass is 276 g/mol. The van der Waals surface area contributed by atoms with Gasteiger partial charge in [-0.3, -0.25) is 4.98 Å². The minimum Gasteiger partial charge on any atom is -0.367 e. The molecule has 0 saturated heterocycles. The highest BCUT2D eigenvalue weighted by atomic mass is 32.1. The Hall–Kier alpha value is -1.46. The zero-order valence-corrected chi connectivity index (χ0v) is 12.4. The molecule has 0 radical (unpaired) electrons. The lowest BCUT2D eigenvalue weighted by molar-refractivity contribution is 0.561. The summed E-state index contributed by atoms with van der Waals surface area (Å²) in [5.74, 6) is 0. The first-order valence-electron chi connectivity index (χ1n) is 6.46. The van der Waals surface area contributed by atoms with Crippen LogP contribution in [0.3, 0.4) is 0 Å². The zero-order chi connectivity index (χ0) is 13.7. The van der Waals surface area contributed by atoms with Gasteiger partial charge in [0.25, 0.3) is 0 Å². The second kappa shape index (κ2) is 6.63. The molecule has 1 unspecified atom stereocenters. The van der Waals surface area contributed by atoms with Crippen molar-refractivity contribution < 1.29 is 0 Å². The molecule has 0 spiro atoms. The minimum absolute atomic E-state index is 0.331. The molecular weight excluding hydrogens is 256 g/mol.